The molecule has 2 aliphatic rings. The molecule has 0 saturated carbocycles. The quantitative estimate of drug-likeness (QED) is 0.699. The molecule has 1 N–H and O–H groups in total. The summed E-state index contributed by atoms with van der Waals surface area (Å²) in [6, 6.07) is 6.53. The molecule has 7 nitrogen and oxygen atoms in total. The summed E-state index contributed by atoms with van der Waals surface area (Å²) >= 11 is 0. The Labute approximate surface area is 180 Å². The van der Waals surface area contributed by atoms with Gasteiger partial charge in [0.25, 0.3) is 0 Å². The third kappa shape index (κ3) is 5.86. The summed E-state index contributed by atoms with van der Waals surface area (Å²) in [6.07, 6.45) is 2.58. The van der Waals surface area contributed by atoms with Crippen molar-refractivity contribution in [3.05, 3.63) is 18.2 Å². The van der Waals surface area contributed by atoms with Crippen LogP contribution in [0.25, 0.3) is 0 Å². The number of hydrogen-bond donors (Lipinski definition) is 1. The predicted octanol–water partition coefficient (Wildman–Crippen LogP) is 2.85. The van der Waals surface area contributed by atoms with Gasteiger partial charge in [0.05, 0.1) is 27.4 Å². The highest BCUT2D eigenvalue weighted by atomic mass is 16.5. The minimum Gasteiger partial charge on any atom is -0.493 e. The van der Waals surface area contributed by atoms with Gasteiger partial charge in [0, 0.05) is 49.9 Å². The fourth-order valence-corrected chi connectivity index (χ4v) is 4.64. The van der Waals surface area contributed by atoms with Crippen LogP contribution in [0.3, 0.4) is 0 Å². The Morgan fingerprint density at radius 3 is 2.57 bits per heavy atom. The first-order valence-corrected chi connectivity index (χ1v) is 11.1. The molecule has 0 spiro atoms. The number of hydrogen-bond acceptors (Lipinski definition) is 6. The van der Waals surface area contributed by atoms with Gasteiger partial charge in [0.15, 0.2) is 11.5 Å². The summed E-state index contributed by atoms with van der Waals surface area (Å²) in [5, 5.41) is 3.01. The second kappa shape index (κ2) is 11.0. The van der Waals surface area contributed by atoms with Gasteiger partial charge in [0.1, 0.15) is 0 Å². The Morgan fingerprint density at radius 2 is 1.90 bits per heavy atom. The van der Waals surface area contributed by atoms with Crippen molar-refractivity contribution >= 4 is 11.6 Å². The zero-order chi connectivity index (χ0) is 21.5. The predicted molar refractivity (Wildman–Crippen MR) is 118 cm³/mol. The fourth-order valence-electron chi connectivity index (χ4n) is 4.64. The Morgan fingerprint density at radius 1 is 1.17 bits per heavy atom. The third-order valence-electron chi connectivity index (χ3n) is 6.38. The van der Waals surface area contributed by atoms with Gasteiger partial charge in [-0.2, -0.15) is 0 Å². The molecule has 168 valence electrons. The Kier molecular flexibility index (Phi) is 8.36. The second-order valence-corrected chi connectivity index (χ2v) is 8.51. The number of methoxy groups -OCH3 is 2. The van der Waals surface area contributed by atoms with Gasteiger partial charge in [-0.05, 0) is 51.3 Å². The number of morpholine rings is 1. The molecule has 0 aliphatic carbocycles. The molecule has 0 aromatic heterocycles. The van der Waals surface area contributed by atoms with Crippen molar-refractivity contribution in [1.29, 1.82) is 0 Å². The van der Waals surface area contributed by atoms with Crippen LogP contribution in [0.5, 0.6) is 11.5 Å². The maximum absolute atomic E-state index is 12.7. The number of carbonyl (C=O) groups excluding carboxylic acids is 1. The van der Waals surface area contributed by atoms with Crippen molar-refractivity contribution in [3.63, 3.8) is 0 Å². The molecule has 0 unspecified atom stereocenters. The summed E-state index contributed by atoms with van der Waals surface area (Å²) in [4.78, 5) is 17.8. The summed E-state index contributed by atoms with van der Waals surface area (Å²) in [6.45, 7) is 10.3. The monoisotopic (exact) mass is 419 g/mol. The zero-order valence-electron chi connectivity index (χ0n) is 18.9. The molecular formula is C23H37N3O4. The Balaban J connectivity index is 1.59. The first-order chi connectivity index (χ1) is 14.5. The van der Waals surface area contributed by atoms with E-state index in [1.54, 1.807) is 20.3 Å². The van der Waals surface area contributed by atoms with Crippen molar-refractivity contribution < 1.29 is 19.0 Å². The van der Waals surface area contributed by atoms with E-state index in [-0.39, 0.29) is 5.91 Å². The molecule has 1 amide bonds. The number of nitrogens with zero attached hydrogens (tertiary/aromatic N) is 2. The van der Waals surface area contributed by atoms with E-state index in [9.17, 15) is 4.79 Å². The van der Waals surface area contributed by atoms with E-state index in [4.69, 9.17) is 14.2 Å². The molecular weight excluding hydrogens is 382 g/mol. The number of ether oxygens (including phenoxy) is 3. The molecule has 2 fully saturated rings. The Bertz CT molecular complexity index is 691. The lowest BCUT2D eigenvalue weighted by Gasteiger charge is -2.46. The lowest BCUT2D eigenvalue weighted by Crippen LogP contribution is -2.55. The van der Waals surface area contributed by atoms with E-state index in [2.05, 4.69) is 29.0 Å². The van der Waals surface area contributed by atoms with Gasteiger partial charge in [-0.25, -0.2) is 0 Å². The average molecular weight is 420 g/mol. The normalized spacial score (nSPS) is 23.4. The first kappa shape index (κ1) is 22.8. The van der Waals surface area contributed by atoms with E-state index < -0.39 is 0 Å². The number of benzene rings is 1. The molecule has 3 rings (SSSR count). The lowest BCUT2D eigenvalue weighted by molar-refractivity contribution is -0.116. The highest BCUT2D eigenvalue weighted by Crippen LogP contribution is 2.31. The van der Waals surface area contributed by atoms with E-state index >= 15 is 0 Å². The van der Waals surface area contributed by atoms with Gasteiger partial charge in [-0.15, -0.1) is 0 Å². The fraction of sp³-hybridized carbons (Fsp3) is 0.696. The largest absolute Gasteiger partial charge is 0.493 e. The summed E-state index contributed by atoms with van der Waals surface area (Å²) in [5.74, 6) is 1.81. The minimum absolute atomic E-state index is 0.0459. The number of amides is 1. The van der Waals surface area contributed by atoms with Crippen molar-refractivity contribution in [2.45, 2.75) is 45.2 Å². The van der Waals surface area contributed by atoms with Crippen LogP contribution in [0.2, 0.25) is 0 Å². The number of rotatable bonds is 8. The zero-order valence-corrected chi connectivity index (χ0v) is 18.9. The molecule has 2 heterocycles. The smallest absolute Gasteiger partial charge is 0.224 e. The SMILES string of the molecule is COc1ccc(NC(=O)CC[C@H]2CN(C(C)C)CC[C@H]2N2CCOCC2)cc1OC. The molecule has 30 heavy (non-hydrogen) atoms. The van der Waals surface area contributed by atoms with Crippen molar-refractivity contribution in [1.82, 2.24) is 9.80 Å². The van der Waals surface area contributed by atoms with Crippen LogP contribution >= 0.6 is 0 Å². The summed E-state index contributed by atoms with van der Waals surface area (Å²) in [5.41, 5.74) is 0.731. The van der Waals surface area contributed by atoms with Gasteiger partial charge in [-0.1, -0.05) is 0 Å². The maximum Gasteiger partial charge on any atom is 0.224 e. The summed E-state index contributed by atoms with van der Waals surface area (Å²) < 4.78 is 16.1. The first-order valence-electron chi connectivity index (χ1n) is 11.1. The lowest BCUT2D eigenvalue weighted by atomic mass is 9.86. The van der Waals surface area contributed by atoms with E-state index in [1.807, 2.05) is 12.1 Å². The number of nitrogens with one attached hydrogen (secondary N) is 1. The molecule has 7 heteroatoms. The number of carbonyl (C=O) groups is 1. The number of piperidine rings is 1. The second-order valence-electron chi connectivity index (χ2n) is 8.51. The van der Waals surface area contributed by atoms with Gasteiger partial charge < -0.3 is 24.4 Å². The van der Waals surface area contributed by atoms with Crippen LogP contribution in [0, 0.1) is 5.92 Å². The van der Waals surface area contributed by atoms with Gasteiger partial charge in [-0.3, -0.25) is 9.69 Å². The topological polar surface area (TPSA) is 63.3 Å². The van der Waals surface area contributed by atoms with Crippen LogP contribution in [-0.2, 0) is 9.53 Å². The standard InChI is InChI=1S/C23H37N3O4/c1-17(2)26-10-9-20(25-11-13-30-14-12-25)18(16-26)5-8-23(27)24-19-6-7-21(28-3)22(15-19)29-4/h6-7,15,17-18,20H,5,8-14,16H2,1-4H3,(H,24,27)/t18-,20+/m0/s1. The van der Waals surface area contributed by atoms with Crippen molar-refractivity contribution in [3.8, 4) is 11.5 Å². The summed E-state index contributed by atoms with van der Waals surface area (Å²) in [7, 11) is 3.20. The van der Waals surface area contributed by atoms with Gasteiger partial charge >= 0.3 is 0 Å². The van der Waals surface area contributed by atoms with E-state index in [0.29, 0.717) is 35.9 Å². The van der Waals surface area contributed by atoms with Crippen molar-refractivity contribution in [2.75, 3.05) is 58.9 Å². The van der Waals surface area contributed by atoms with Crippen LogP contribution in [-0.4, -0.2) is 81.4 Å². The average Bonchev–Trinajstić information content (AvgIpc) is 2.78. The highest BCUT2D eigenvalue weighted by Gasteiger charge is 2.34. The molecule has 0 radical (unpaired) electrons. The van der Waals surface area contributed by atoms with E-state index in [0.717, 1.165) is 51.5 Å². The van der Waals surface area contributed by atoms with Gasteiger partial charge in [0.2, 0.25) is 5.91 Å². The minimum atomic E-state index is 0.0459. The number of likely N-dealkylation sites (tertiary alicyclic amines) is 1. The van der Waals surface area contributed by atoms with Crippen LogP contribution in [0.15, 0.2) is 18.2 Å². The highest BCUT2D eigenvalue weighted by molar-refractivity contribution is 5.91. The molecule has 1 aromatic rings. The number of anilines is 1. The Hall–Kier alpha value is -1.83. The van der Waals surface area contributed by atoms with Crippen LogP contribution < -0.4 is 14.8 Å². The van der Waals surface area contributed by atoms with Crippen LogP contribution in [0.4, 0.5) is 5.69 Å². The molecule has 2 aliphatic heterocycles. The van der Waals surface area contributed by atoms with E-state index in [1.165, 1.54) is 6.42 Å². The van der Waals surface area contributed by atoms with Crippen LogP contribution in [0.1, 0.15) is 33.1 Å². The molecule has 1 aromatic carbocycles. The third-order valence-corrected chi connectivity index (χ3v) is 6.38. The maximum atomic E-state index is 12.7. The molecule has 0 bridgehead atoms. The molecule has 2 saturated heterocycles. The van der Waals surface area contributed by atoms with Crippen molar-refractivity contribution in [2.24, 2.45) is 5.92 Å². The molecule has 2 atom stereocenters.